The maximum Gasteiger partial charge on any atom is 0.312 e. The van der Waals surface area contributed by atoms with Gasteiger partial charge in [-0.25, -0.2) is 0 Å². The van der Waals surface area contributed by atoms with Crippen LogP contribution >= 0.6 is 22.9 Å². The molecular formula is C23H20ClN3O2S. The van der Waals surface area contributed by atoms with E-state index in [-0.39, 0.29) is 0 Å². The average Bonchev–Trinajstić information content (AvgIpc) is 3.19. The second kappa shape index (κ2) is 9.24. The van der Waals surface area contributed by atoms with Crippen molar-refractivity contribution in [3.63, 3.8) is 0 Å². The van der Waals surface area contributed by atoms with Crippen LogP contribution in [-0.2, 0) is 16.1 Å². The number of pyridine rings is 1. The number of amides is 2. The Morgan fingerprint density at radius 1 is 0.900 bits per heavy atom. The summed E-state index contributed by atoms with van der Waals surface area (Å²) in [5, 5.41) is 0. The minimum Gasteiger partial charge on any atom is -0.329 e. The quantitative estimate of drug-likeness (QED) is 0.539. The third-order valence-electron chi connectivity index (χ3n) is 4.94. The number of nitrogens with zero attached hydrogens (tertiary/aromatic N) is 3. The van der Waals surface area contributed by atoms with Gasteiger partial charge in [0, 0.05) is 43.4 Å². The molecule has 0 aliphatic carbocycles. The summed E-state index contributed by atoms with van der Waals surface area (Å²) in [6.07, 6.45) is 7.33. The van der Waals surface area contributed by atoms with E-state index in [2.05, 4.69) is 4.98 Å². The van der Waals surface area contributed by atoms with E-state index in [0.29, 0.717) is 26.2 Å². The number of halogens is 1. The van der Waals surface area contributed by atoms with Crippen LogP contribution in [0.15, 0.2) is 67.0 Å². The fraction of sp³-hybridized carbons (Fsp3) is 0.174. The molecule has 0 N–H and O–H groups in total. The van der Waals surface area contributed by atoms with Gasteiger partial charge < -0.3 is 9.80 Å². The van der Waals surface area contributed by atoms with Crippen molar-refractivity contribution in [2.45, 2.75) is 6.54 Å². The molecule has 1 saturated heterocycles. The summed E-state index contributed by atoms with van der Waals surface area (Å²) in [5.74, 6) is -0.907. The Hall–Kier alpha value is -2.96. The molecule has 1 aliphatic heterocycles. The van der Waals surface area contributed by atoms with Crippen LogP contribution in [0.5, 0.6) is 0 Å². The Bertz CT molecular complexity index is 1060. The number of hydrogen-bond donors (Lipinski definition) is 0. The summed E-state index contributed by atoms with van der Waals surface area (Å²) < 4.78 is 0.725. The SMILES string of the molecule is O=C1C(=O)N(Cc2ccc(-c3ccncc3)cc2)CCN1CC=Cc1ccc(Cl)s1. The van der Waals surface area contributed by atoms with Gasteiger partial charge in [-0.1, -0.05) is 41.9 Å². The fourth-order valence-corrected chi connectivity index (χ4v) is 4.31. The number of aromatic nitrogens is 1. The van der Waals surface area contributed by atoms with Crippen molar-refractivity contribution in [1.29, 1.82) is 0 Å². The van der Waals surface area contributed by atoms with Crippen molar-refractivity contribution in [2.24, 2.45) is 0 Å². The lowest BCUT2D eigenvalue weighted by molar-refractivity contribution is -0.156. The Morgan fingerprint density at radius 3 is 2.27 bits per heavy atom. The standard InChI is InChI=1S/C23H20ClN3O2S/c24-21-8-7-20(30-21)2-1-13-26-14-15-27(23(29)22(26)28)16-17-3-5-18(6-4-17)19-9-11-25-12-10-19/h1-12H,13-16H2. The zero-order valence-electron chi connectivity index (χ0n) is 16.2. The zero-order chi connectivity index (χ0) is 20.9. The summed E-state index contributed by atoms with van der Waals surface area (Å²) >= 11 is 7.39. The lowest BCUT2D eigenvalue weighted by Crippen LogP contribution is -2.53. The highest BCUT2D eigenvalue weighted by Gasteiger charge is 2.31. The molecule has 0 unspecified atom stereocenters. The average molecular weight is 438 g/mol. The first kappa shape index (κ1) is 20.3. The van der Waals surface area contributed by atoms with Gasteiger partial charge in [0.1, 0.15) is 0 Å². The number of benzene rings is 1. The van der Waals surface area contributed by atoms with Gasteiger partial charge in [-0.15, -0.1) is 11.3 Å². The molecule has 1 aliphatic rings. The second-order valence-electron chi connectivity index (χ2n) is 6.95. The van der Waals surface area contributed by atoms with E-state index in [4.69, 9.17) is 11.6 Å². The summed E-state index contributed by atoms with van der Waals surface area (Å²) in [5.41, 5.74) is 3.18. The second-order valence-corrected chi connectivity index (χ2v) is 8.70. The molecule has 1 fully saturated rings. The smallest absolute Gasteiger partial charge is 0.312 e. The van der Waals surface area contributed by atoms with Crippen LogP contribution in [0.3, 0.4) is 0 Å². The van der Waals surface area contributed by atoms with Crippen LogP contribution in [-0.4, -0.2) is 46.2 Å². The topological polar surface area (TPSA) is 53.5 Å². The molecule has 0 radical (unpaired) electrons. The molecule has 0 spiro atoms. The van der Waals surface area contributed by atoms with Crippen molar-refractivity contribution in [1.82, 2.24) is 14.8 Å². The van der Waals surface area contributed by atoms with Crippen molar-refractivity contribution in [2.75, 3.05) is 19.6 Å². The Balaban J connectivity index is 1.34. The van der Waals surface area contributed by atoms with E-state index >= 15 is 0 Å². The number of piperazine rings is 1. The summed E-state index contributed by atoms with van der Waals surface area (Å²) in [7, 11) is 0. The maximum atomic E-state index is 12.6. The highest BCUT2D eigenvalue weighted by molar-refractivity contribution is 7.16. The number of thiophene rings is 1. The fourth-order valence-electron chi connectivity index (χ4n) is 3.32. The normalized spacial score (nSPS) is 14.7. The molecule has 4 rings (SSSR count). The van der Waals surface area contributed by atoms with Crippen molar-refractivity contribution >= 4 is 40.8 Å². The minimum atomic E-state index is -0.455. The first-order valence-corrected chi connectivity index (χ1v) is 10.8. The molecule has 5 nitrogen and oxygen atoms in total. The Morgan fingerprint density at radius 2 is 1.57 bits per heavy atom. The van der Waals surface area contributed by atoms with Crippen LogP contribution in [0, 0.1) is 0 Å². The van der Waals surface area contributed by atoms with E-state index in [1.54, 1.807) is 22.2 Å². The highest BCUT2D eigenvalue weighted by atomic mass is 35.5. The van der Waals surface area contributed by atoms with Gasteiger partial charge in [0.05, 0.1) is 4.34 Å². The van der Waals surface area contributed by atoms with Crippen molar-refractivity contribution in [3.8, 4) is 11.1 Å². The van der Waals surface area contributed by atoms with Gasteiger partial charge in [0.15, 0.2) is 0 Å². The molecule has 0 atom stereocenters. The number of carbonyl (C=O) groups excluding carboxylic acids is 2. The molecule has 30 heavy (non-hydrogen) atoms. The van der Waals surface area contributed by atoms with E-state index in [0.717, 1.165) is 25.9 Å². The molecule has 1 aromatic carbocycles. The van der Waals surface area contributed by atoms with E-state index in [9.17, 15) is 9.59 Å². The van der Waals surface area contributed by atoms with Crippen LogP contribution in [0.25, 0.3) is 17.2 Å². The molecule has 3 aromatic rings. The molecule has 152 valence electrons. The van der Waals surface area contributed by atoms with Gasteiger partial charge in [-0.2, -0.15) is 0 Å². The third kappa shape index (κ3) is 4.78. The van der Waals surface area contributed by atoms with Crippen molar-refractivity contribution < 1.29 is 9.59 Å². The van der Waals surface area contributed by atoms with E-state index < -0.39 is 11.8 Å². The monoisotopic (exact) mass is 437 g/mol. The van der Waals surface area contributed by atoms with Gasteiger partial charge in [-0.05, 0) is 47.0 Å². The molecule has 2 amide bonds. The van der Waals surface area contributed by atoms with Gasteiger partial charge in [0.25, 0.3) is 0 Å². The molecule has 0 bridgehead atoms. The Labute approximate surface area is 184 Å². The molecular weight excluding hydrogens is 418 g/mol. The van der Waals surface area contributed by atoms with Crippen molar-refractivity contribution in [3.05, 3.63) is 81.8 Å². The number of hydrogen-bond acceptors (Lipinski definition) is 4. The van der Waals surface area contributed by atoms with E-state index in [1.165, 1.54) is 11.3 Å². The lowest BCUT2D eigenvalue weighted by atomic mass is 10.0. The first-order valence-electron chi connectivity index (χ1n) is 9.59. The zero-order valence-corrected chi connectivity index (χ0v) is 17.8. The molecule has 3 heterocycles. The first-order chi connectivity index (χ1) is 14.6. The van der Waals surface area contributed by atoms with Gasteiger partial charge >= 0.3 is 11.8 Å². The summed E-state index contributed by atoms with van der Waals surface area (Å²) in [4.78, 5) is 33.3. The number of carbonyl (C=O) groups is 2. The minimum absolute atomic E-state index is 0.411. The lowest BCUT2D eigenvalue weighted by Gasteiger charge is -2.33. The predicted octanol–water partition coefficient (Wildman–Crippen LogP) is 4.35. The highest BCUT2D eigenvalue weighted by Crippen LogP contribution is 2.23. The summed E-state index contributed by atoms with van der Waals surface area (Å²) in [6.45, 7) is 1.89. The Kier molecular flexibility index (Phi) is 6.26. The van der Waals surface area contributed by atoms with Gasteiger partial charge in [-0.3, -0.25) is 14.6 Å². The van der Waals surface area contributed by atoms with E-state index in [1.807, 2.05) is 60.7 Å². The third-order valence-corrected chi connectivity index (χ3v) is 6.14. The molecule has 7 heteroatoms. The largest absolute Gasteiger partial charge is 0.329 e. The molecule has 2 aromatic heterocycles. The number of rotatable bonds is 6. The van der Waals surface area contributed by atoms with Crippen LogP contribution < -0.4 is 0 Å². The summed E-state index contributed by atoms with van der Waals surface area (Å²) in [6, 6.07) is 15.7. The maximum absolute atomic E-state index is 12.6. The molecule has 0 saturated carbocycles. The van der Waals surface area contributed by atoms with Gasteiger partial charge in [0.2, 0.25) is 0 Å². The van der Waals surface area contributed by atoms with Crippen LogP contribution in [0.2, 0.25) is 4.34 Å². The van der Waals surface area contributed by atoms with Crippen LogP contribution in [0.4, 0.5) is 0 Å². The predicted molar refractivity (Wildman–Crippen MR) is 120 cm³/mol. The van der Waals surface area contributed by atoms with Crippen LogP contribution in [0.1, 0.15) is 10.4 Å².